The average Bonchev–Trinajstić information content (AvgIpc) is 3.20. The van der Waals surface area contributed by atoms with E-state index in [-0.39, 0.29) is 5.91 Å². The minimum atomic E-state index is -0.211. The normalized spacial score (nSPS) is 12.6. The van der Waals surface area contributed by atoms with E-state index in [0.717, 1.165) is 16.6 Å². The van der Waals surface area contributed by atoms with Gasteiger partial charge in [-0.15, -0.1) is 0 Å². The molecule has 1 aliphatic heterocycles. The third-order valence-electron chi connectivity index (χ3n) is 4.87. The summed E-state index contributed by atoms with van der Waals surface area (Å²) in [5.74, 6) is 2.53. The van der Waals surface area contributed by atoms with Crippen LogP contribution in [0.4, 0.5) is 5.69 Å². The number of H-pyrrole nitrogens is 1. The summed E-state index contributed by atoms with van der Waals surface area (Å²) in [5.41, 5.74) is 3.70. The van der Waals surface area contributed by atoms with Crippen molar-refractivity contribution in [2.45, 2.75) is 0 Å². The summed E-state index contributed by atoms with van der Waals surface area (Å²) in [6.45, 7) is 1.07. The van der Waals surface area contributed by atoms with Crippen LogP contribution < -0.4 is 19.5 Å². The van der Waals surface area contributed by atoms with E-state index in [0.29, 0.717) is 47.5 Å². The maximum atomic E-state index is 12.6. The lowest BCUT2D eigenvalue weighted by molar-refractivity contribution is 0.102. The van der Waals surface area contributed by atoms with Gasteiger partial charge in [0.05, 0.1) is 18.1 Å². The fourth-order valence-electron chi connectivity index (χ4n) is 3.40. The summed E-state index contributed by atoms with van der Waals surface area (Å²) in [6.07, 6.45) is 0. The molecule has 7 heteroatoms. The van der Waals surface area contributed by atoms with Gasteiger partial charge in [0.25, 0.3) is 5.91 Å². The van der Waals surface area contributed by atoms with Crippen molar-refractivity contribution in [1.29, 1.82) is 0 Å². The number of carbonyl (C=O) groups is 1. The van der Waals surface area contributed by atoms with Gasteiger partial charge in [0.15, 0.2) is 11.5 Å². The first kappa shape index (κ1) is 18.1. The molecule has 2 N–H and O–H groups in total. The summed E-state index contributed by atoms with van der Waals surface area (Å²) in [4.78, 5) is 20.6. The Bertz CT molecular complexity index is 1210. The van der Waals surface area contributed by atoms with Gasteiger partial charge in [-0.3, -0.25) is 4.79 Å². The Morgan fingerprint density at radius 1 is 1.03 bits per heavy atom. The highest BCUT2D eigenvalue weighted by Gasteiger charge is 2.16. The molecule has 1 aliphatic rings. The first-order chi connectivity index (χ1) is 14.7. The summed E-state index contributed by atoms with van der Waals surface area (Å²) < 4.78 is 16.5. The van der Waals surface area contributed by atoms with Crippen LogP contribution in [0.2, 0.25) is 0 Å². The van der Waals surface area contributed by atoms with E-state index in [4.69, 9.17) is 14.2 Å². The number of hydrogen-bond acceptors (Lipinski definition) is 5. The third-order valence-corrected chi connectivity index (χ3v) is 4.87. The number of nitrogens with one attached hydrogen (secondary N) is 2. The Hall–Kier alpha value is -4.00. The molecule has 7 nitrogen and oxygen atoms in total. The summed E-state index contributed by atoms with van der Waals surface area (Å²) >= 11 is 0. The van der Waals surface area contributed by atoms with Crippen molar-refractivity contribution in [3.8, 4) is 28.6 Å². The minimum Gasteiger partial charge on any atom is -0.497 e. The number of benzene rings is 3. The number of imidazole rings is 1. The van der Waals surface area contributed by atoms with Crippen molar-refractivity contribution in [2.75, 3.05) is 25.6 Å². The van der Waals surface area contributed by atoms with Crippen molar-refractivity contribution in [2.24, 2.45) is 0 Å². The standard InChI is InChI=1S/C23H19N3O4/c1-28-17-7-3-5-15(11-17)23(27)24-16-6-2-4-14(10-16)22-25-18-12-20-21(13-19(18)26-22)30-9-8-29-20/h2-7,10-13H,8-9H2,1H3,(H,24,27)(H,25,26). The fraction of sp³-hybridized carbons (Fsp3) is 0.130. The van der Waals surface area contributed by atoms with Gasteiger partial charge in [0.1, 0.15) is 24.8 Å². The molecular formula is C23H19N3O4. The zero-order chi connectivity index (χ0) is 20.5. The Kier molecular flexibility index (Phi) is 4.48. The van der Waals surface area contributed by atoms with E-state index in [1.165, 1.54) is 0 Å². The number of aromatic amines is 1. The van der Waals surface area contributed by atoms with Crippen LogP contribution in [0.3, 0.4) is 0 Å². The largest absolute Gasteiger partial charge is 0.497 e. The van der Waals surface area contributed by atoms with Crippen LogP contribution in [0.5, 0.6) is 17.2 Å². The molecule has 0 saturated heterocycles. The molecule has 0 unspecified atom stereocenters. The minimum absolute atomic E-state index is 0.211. The number of aromatic nitrogens is 2. The number of methoxy groups -OCH3 is 1. The van der Waals surface area contributed by atoms with E-state index in [9.17, 15) is 4.79 Å². The lowest BCUT2D eigenvalue weighted by Gasteiger charge is -2.17. The number of rotatable bonds is 4. The predicted molar refractivity (Wildman–Crippen MR) is 113 cm³/mol. The summed E-state index contributed by atoms with van der Waals surface area (Å²) in [5, 5.41) is 2.92. The summed E-state index contributed by atoms with van der Waals surface area (Å²) in [7, 11) is 1.57. The van der Waals surface area contributed by atoms with Crippen molar-refractivity contribution in [1.82, 2.24) is 9.97 Å². The number of carbonyl (C=O) groups excluding carboxylic acids is 1. The number of amides is 1. The number of anilines is 1. The highest BCUT2D eigenvalue weighted by atomic mass is 16.6. The number of nitrogens with zero attached hydrogens (tertiary/aromatic N) is 1. The van der Waals surface area contributed by atoms with E-state index < -0.39 is 0 Å². The first-order valence-electron chi connectivity index (χ1n) is 9.55. The Morgan fingerprint density at radius 2 is 1.83 bits per heavy atom. The van der Waals surface area contributed by atoms with Gasteiger partial charge in [-0.05, 0) is 30.3 Å². The van der Waals surface area contributed by atoms with Gasteiger partial charge < -0.3 is 24.5 Å². The maximum absolute atomic E-state index is 12.6. The van der Waals surface area contributed by atoms with Crippen LogP contribution in [0.25, 0.3) is 22.4 Å². The highest BCUT2D eigenvalue weighted by molar-refractivity contribution is 6.04. The van der Waals surface area contributed by atoms with E-state index in [2.05, 4.69) is 15.3 Å². The highest BCUT2D eigenvalue weighted by Crippen LogP contribution is 2.35. The predicted octanol–water partition coefficient (Wildman–Crippen LogP) is 4.26. The first-order valence-corrected chi connectivity index (χ1v) is 9.55. The molecule has 0 fully saturated rings. The molecule has 1 amide bonds. The van der Waals surface area contributed by atoms with E-state index in [1.54, 1.807) is 31.4 Å². The van der Waals surface area contributed by atoms with Crippen molar-refractivity contribution >= 4 is 22.6 Å². The smallest absolute Gasteiger partial charge is 0.255 e. The van der Waals surface area contributed by atoms with Crippen LogP contribution in [0.15, 0.2) is 60.7 Å². The molecule has 150 valence electrons. The number of fused-ring (bicyclic) bond motifs is 2. The quantitative estimate of drug-likeness (QED) is 0.534. The molecule has 0 aliphatic carbocycles. The SMILES string of the molecule is COc1cccc(C(=O)Nc2cccc(-c3nc4cc5c(cc4[nH]3)OCCO5)c2)c1. The second-order valence-corrected chi connectivity index (χ2v) is 6.87. The molecule has 30 heavy (non-hydrogen) atoms. The summed E-state index contributed by atoms with van der Waals surface area (Å²) in [6, 6.07) is 18.3. The number of ether oxygens (including phenoxy) is 3. The lowest BCUT2D eigenvalue weighted by Crippen LogP contribution is -2.15. The van der Waals surface area contributed by atoms with Crippen molar-refractivity contribution in [3.63, 3.8) is 0 Å². The Morgan fingerprint density at radius 3 is 2.67 bits per heavy atom. The second-order valence-electron chi connectivity index (χ2n) is 6.87. The second kappa shape index (κ2) is 7.44. The molecule has 0 bridgehead atoms. The third kappa shape index (κ3) is 3.41. The van der Waals surface area contributed by atoms with E-state index >= 15 is 0 Å². The molecule has 2 heterocycles. The van der Waals surface area contributed by atoms with E-state index in [1.807, 2.05) is 36.4 Å². The van der Waals surface area contributed by atoms with Gasteiger partial charge in [-0.1, -0.05) is 18.2 Å². The molecule has 5 rings (SSSR count). The fourth-order valence-corrected chi connectivity index (χ4v) is 3.40. The zero-order valence-electron chi connectivity index (χ0n) is 16.3. The van der Waals surface area contributed by atoms with Gasteiger partial charge in [0, 0.05) is 28.9 Å². The van der Waals surface area contributed by atoms with Gasteiger partial charge in [0.2, 0.25) is 0 Å². The molecule has 0 radical (unpaired) electrons. The maximum Gasteiger partial charge on any atom is 0.255 e. The Balaban J connectivity index is 1.42. The molecule has 0 saturated carbocycles. The van der Waals surface area contributed by atoms with Crippen molar-refractivity contribution in [3.05, 3.63) is 66.2 Å². The monoisotopic (exact) mass is 401 g/mol. The van der Waals surface area contributed by atoms with Crippen molar-refractivity contribution < 1.29 is 19.0 Å². The Labute approximate surface area is 172 Å². The molecule has 1 aromatic heterocycles. The lowest BCUT2D eigenvalue weighted by atomic mass is 10.1. The van der Waals surface area contributed by atoms with Crippen LogP contribution >= 0.6 is 0 Å². The molecule has 0 atom stereocenters. The van der Waals surface area contributed by atoms with Crippen LogP contribution in [0.1, 0.15) is 10.4 Å². The van der Waals surface area contributed by atoms with Crippen LogP contribution in [-0.4, -0.2) is 36.2 Å². The average molecular weight is 401 g/mol. The van der Waals surface area contributed by atoms with Gasteiger partial charge in [-0.25, -0.2) is 4.98 Å². The van der Waals surface area contributed by atoms with Crippen LogP contribution in [-0.2, 0) is 0 Å². The zero-order valence-corrected chi connectivity index (χ0v) is 16.3. The molecule has 3 aromatic carbocycles. The molecular weight excluding hydrogens is 382 g/mol. The van der Waals surface area contributed by atoms with Gasteiger partial charge >= 0.3 is 0 Å². The van der Waals surface area contributed by atoms with Gasteiger partial charge in [-0.2, -0.15) is 0 Å². The van der Waals surface area contributed by atoms with Crippen LogP contribution in [0, 0.1) is 0 Å². The topological polar surface area (TPSA) is 85.5 Å². The number of hydrogen-bond donors (Lipinski definition) is 2. The molecule has 4 aromatic rings. The molecule has 0 spiro atoms.